The van der Waals surface area contributed by atoms with Crippen molar-refractivity contribution in [3.05, 3.63) is 57.0 Å². The Balaban J connectivity index is 1.59. The highest BCUT2D eigenvalue weighted by Crippen LogP contribution is 2.17. The van der Waals surface area contributed by atoms with Crippen LogP contribution in [0.1, 0.15) is 30.1 Å². The number of anilines is 1. The van der Waals surface area contributed by atoms with Gasteiger partial charge in [0.1, 0.15) is 5.01 Å². The molecular weight excluding hydrogens is 380 g/mol. The van der Waals surface area contributed by atoms with Gasteiger partial charge < -0.3 is 5.32 Å². The van der Waals surface area contributed by atoms with Crippen molar-refractivity contribution in [3.8, 4) is 0 Å². The van der Waals surface area contributed by atoms with Crippen molar-refractivity contribution in [1.29, 1.82) is 0 Å². The normalized spacial score (nSPS) is 11.3. The molecule has 6 nitrogen and oxygen atoms in total. The number of hydrogen-bond acceptors (Lipinski definition) is 6. The summed E-state index contributed by atoms with van der Waals surface area (Å²) >= 11 is 2.88. The number of rotatable bonds is 7. The minimum atomic E-state index is -0.175. The number of amides is 1. The second kappa shape index (κ2) is 8.67. The molecule has 142 valence electrons. The quantitative estimate of drug-likeness (QED) is 0.654. The van der Waals surface area contributed by atoms with Gasteiger partial charge in [0.05, 0.1) is 11.4 Å². The van der Waals surface area contributed by atoms with Crippen LogP contribution in [0.4, 0.5) is 5.69 Å². The molecule has 0 aliphatic heterocycles. The minimum Gasteiger partial charge on any atom is -0.325 e. The molecule has 2 aromatic heterocycles. The van der Waals surface area contributed by atoms with Gasteiger partial charge in [0, 0.05) is 23.9 Å². The predicted octanol–water partition coefficient (Wildman–Crippen LogP) is 3.53. The van der Waals surface area contributed by atoms with Crippen molar-refractivity contribution in [3.63, 3.8) is 0 Å². The molecule has 3 aromatic rings. The number of benzene rings is 1. The summed E-state index contributed by atoms with van der Waals surface area (Å²) in [6, 6.07) is 9.18. The minimum absolute atomic E-state index is 0.0691. The second-order valence-corrected chi connectivity index (χ2v) is 8.81. The van der Waals surface area contributed by atoms with E-state index in [4.69, 9.17) is 0 Å². The SMILES string of the molecule is Cc1cccc(NC(=O)CSCc2cc(=O)n3nc(CC(C)C)sc3n2)c1. The van der Waals surface area contributed by atoms with Crippen LogP contribution in [0.3, 0.4) is 0 Å². The Labute approximate surface area is 166 Å². The number of aryl methyl sites for hydroxylation is 1. The van der Waals surface area contributed by atoms with E-state index in [9.17, 15) is 9.59 Å². The van der Waals surface area contributed by atoms with Crippen LogP contribution >= 0.6 is 23.1 Å². The zero-order chi connectivity index (χ0) is 19.4. The van der Waals surface area contributed by atoms with Crippen molar-refractivity contribution in [2.75, 3.05) is 11.1 Å². The van der Waals surface area contributed by atoms with Crippen LogP contribution in [0, 0.1) is 12.8 Å². The molecule has 1 amide bonds. The molecule has 0 atom stereocenters. The third-order valence-corrected chi connectivity index (χ3v) is 5.60. The summed E-state index contributed by atoms with van der Waals surface area (Å²) in [6.45, 7) is 6.22. The average Bonchev–Trinajstić information content (AvgIpc) is 2.97. The molecule has 2 heterocycles. The summed E-state index contributed by atoms with van der Waals surface area (Å²) in [6.07, 6.45) is 0.830. The summed E-state index contributed by atoms with van der Waals surface area (Å²) < 4.78 is 1.36. The maximum atomic E-state index is 12.2. The van der Waals surface area contributed by atoms with Gasteiger partial charge in [0.2, 0.25) is 10.9 Å². The predicted molar refractivity (Wildman–Crippen MR) is 112 cm³/mol. The number of carbonyl (C=O) groups is 1. The molecule has 0 aliphatic rings. The molecule has 0 unspecified atom stereocenters. The van der Waals surface area contributed by atoms with Crippen LogP contribution in [0.25, 0.3) is 4.96 Å². The first kappa shape index (κ1) is 19.6. The molecule has 1 aromatic carbocycles. The van der Waals surface area contributed by atoms with Crippen molar-refractivity contribution in [1.82, 2.24) is 14.6 Å². The maximum Gasteiger partial charge on any atom is 0.275 e. The maximum absolute atomic E-state index is 12.2. The molecule has 8 heteroatoms. The Morgan fingerprint density at radius 3 is 2.89 bits per heavy atom. The first-order valence-electron chi connectivity index (χ1n) is 8.73. The van der Waals surface area contributed by atoms with E-state index >= 15 is 0 Å². The monoisotopic (exact) mass is 402 g/mol. The van der Waals surface area contributed by atoms with Gasteiger partial charge in [-0.1, -0.05) is 37.3 Å². The molecule has 0 radical (unpaired) electrons. The lowest BCUT2D eigenvalue weighted by atomic mass is 10.1. The Morgan fingerprint density at radius 2 is 2.15 bits per heavy atom. The lowest BCUT2D eigenvalue weighted by Gasteiger charge is -2.05. The Bertz CT molecular complexity index is 1010. The van der Waals surface area contributed by atoms with Gasteiger partial charge in [-0.25, -0.2) is 4.98 Å². The zero-order valence-electron chi connectivity index (χ0n) is 15.6. The largest absolute Gasteiger partial charge is 0.325 e. The first-order chi connectivity index (χ1) is 12.9. The van der Waals surface area contributed by atoms with E-state index in [0.717, 1.165) is 22.7 Å². The molecule has 0 spiro atoms. The van der Waals surface area contributed by atoms with Gasteiger partial charge in [0.15, 0.2) is 0 Å². The zero-order valence-corrected chi connectivity index (χ0v) is 17.2. The van der Waals surface area contributed by atoms with Crippen molar-refractivity contribution < 1.29 is 4.79 Å². The third-order valence-electron chi connectivity index (χ3n) is 3.71. The van der Waals surface area contributed by atoms with Gasteiger partial charge in [0.25, 0.3) is 5.56 Å². The average molecular weight is 403 g/mol. The van der Waals surface area contributed by atoms with Gasteiger partial charge >= 0.3 is 0 Å². The van der Waals surface area contributed by atoms with Crippen molar-refractivity contribution in [2.24, 2.45) is 5.92 Å². The fourth-order valence-electron chi connectivity index (χ4n) is 2.57. The second-order valence-electron chi connectivity index (χ2n) is 6.78. The lowest BCUT2D eigenvalue weighted by Crippen LogP contribution is -2.16. The molecule has 1 N–H and O–H groups in total. The number of carbonyl (C=O) groups excluding carboxylic acids is 1. The highest BCUT2D eigenvalue weighted by atomic mass is 32.2. The topological polar surface area (TPSA) is 76.4 Å². The van der Waals surface area contributed by atoms with Gasteiger partial charge in [-0.3, -0.25) is 9.59 Å². The summed E-state index contributed by atoms with van der Waals surface area (Å²) in [5.74, 6) is 1.21. The summed E-state index contributed by atoms with van der Waals surface area (Å²) in [5, 5.41) is 8.14. The van der Waals surface area contributed by atoms with Crippen LogP contribution < -0.4 is 10.9 Å². The molecule has 0 saturated carbocycles. The van der Waals surface area contributed by atoms with Crippen LogP contribution in [-0.4, -0.2) is 26.3 Å². The number of aromatic nitrogens is 3. The van der Waals surface area contributed by atoms with E-state index in [1.165, 1.54) is 33.7 Å². The van der Waals surface area contributed by atoms with Crippen LogP contribution in [0.2, 0.25) is 0 Å². The van der Waals surface area contributed by atoms with Crippen LogP contribution in [-0.2, 0) is 17.0 Å². The highest BCUT2D eigenvalue weighted by Gasteiger charge is 2.11. The van der Waals surface area contributed by atoms with Gasteiger partial charge in [-0.05, 0) is 30.5 Å². The third kappa shape index (κ3) is 5.40. The van der Waals surface area contributed by atoms with Crippen LogP contribution in [0.15, 0.2) is 35.1 Å². The van der Waals surface area contributed by atoms with E-state index < -0.39 is 0 Å². The number of thioether (sulfide) groups is 1. The highest BCUT2D eigenvalue weighted by molar-refractivity contribution is 7.99. The molecule has 0 aliphatic carbocycles. The Hall–Kier alpha value is -2.19. The van der Waals surface area contributed by atoms with E-state index in [1.54, 1.807) is 0 Å². The molecule has 0 saturated heterocycles. The van der Waals surface area contributed by atoms with Crippen molar-refractivity contribution >= 4 is 39.7 Å². The van der Waals surface area contributed by atoms with Gasteiger partial charge in [-0.2, -0.15) is 9.61 Å². The smallest absolute Gasteiger partial charge is 0.275 e. The van der Waals surface area contributed by atoms with E-state index in [1.807, 2.05) is 31.2 Å². The standard InChI is InChI=1S/C19H22N4O2S2/c1-12(2)7-17-22-23-18(25)9-15(21-19(23)27-17)10-26-11-16(24)20-14-6-4-5-13(3)8-14/h4-6,8-9,12H,7,10-11H2,1-3H3,(H,20,24). The molecule has 27 heavy (non-hydrogen) atoms. The molecule has 0 bridgehead atoms. The Morgan fingerprint density at radius 1 is 1.33 bits per heavy atom. The Kier molecular flexibility index (Phi) is 6.28. The fraction of sp³-hybridized carbons (Fsp3) is 0.368. The van der Waals surface area contributed by atoms with Gasteiger partial charge in [-0.15, -0.1) is 11.8 Å². The number of nitrogens with one attached hydrogen (secondary N) is 1. The van der Waals surface area contributed by atoms with E-state index in [2.05, 4.69) is 29.2 Å². The lowest BCUT2D eigenvalue weighted by molar-refractivity contribution is -0.113. The molecule has 3 rings (SSSR count). The van der Waals surface area contributed by atoms with E-state index in [0.29, 0.717) is 28.1 Å². The number of hydrogen-bond donors (Lipinski definition) is 1. The number of nitrogens with zero attached hydrogens (tertiary/aromatic N) is 3. The summed E-state index contributed by atoms with van der Waals surface area (Å²) in [4.78, 5) is 29.5. The fourth-order valence-corrected chi connectivity index (χ4v) is 4.42. The van der Waals surface area contributed by atoms with Crippen LogP contribution in [0.5, 0.6) is 0 Å². The van der Waals surface area contributed by atoms with E-state index in [-0.39, 0.29) is 11.5 Å². The molecular formula is C19H22N4O2S2. The van der Waals surface area contributed by atoms with Crippen molar-refractivity contribution in [2.45, 2.75) is 32.9 Å². The molecule has 0 fully saturated rings. The number of fused-ring (bicyclic) bond motifs is 1. The summed E-state index contributed by atoms with van der Waals surface area (Å²) in [7, 11) is 0. The first-order valence-corrected chi connectivity index (χ1v) is 10.7. The summed E-state index contributed by atoms with van der Waals surface area (Å²) in [5.41, 5.74) is 2.39.